The highest BCUT2D eigenvalue weighted by Gasteiger charge is 2.10. The number of benzene rings is 1. The second-order valence-corrected chi connectivity index (χ2v) is 4.27. The number of anilines is 1. The maximum absolute atomic E-state index is 8.81. The van der Waals surface area contributed by atoms with Crippen LogP contribution in [0.1, 0.15) is 12.0 Å². The van der Waals surface area contributed by atoms with E-state index in [9.17, 15) is 0 Å². The standard InChI is InChI=1S/C12H14ClN3/c13-12-8-11(3-2-10(12)9-14)16-6-1-4-15-5-7-16/h2-3,8,15H,1,4-7H2. The monoisotopic (exact) mass is 235 g/mol. The van der Waals surface area contributed by atoms with E-state index in [0.29, 0.717) is 10.6 Å². The minimum Gasteiger partial charge on any atom is -0.370 e. The molecule has 1 aliphatic heterocycles. The average Bonchev–Trinajstić information content (AvgIpc) is 2.57. The summed E-state index contributed by atoms with van der Waals surface area (Å²) in [6.45, 7) is 4.09. The molecule has 1 fully saturated rings. The smallest absolute Gasteiger partial charge is 0.101 e. The first-order valence-corrected chi connectivity index (χ1v) is 5.84. The lowest BCUT2D eigenvalue weighted by Gasteiger charge is -2.22. The molecule has 3 nitrogen and oxygen atoms in total. The Hall–Kier alpha value is -1.24. The molecule has 2 rings (SSSR count). The Kier molecular flexibility index (Phi) is 3.66. The molecule has 0 aliphatic carbocycles. The van der Waals surface area contributed by atoms with E-state index in [1.165, 1.54) is 0 Å². The van der Waals surface area contributed by atoms with Gasteiger partial charge in [-0.15, -0.1) is 0 Å². The van der Waals surface area contributed by atoms with Crippen LogP contribution in [0.4, 0.5) is 5.69 Å². The van der Waals surface area contributed by atoms with Gasteiger partial charge in [-0.1, -0.05) is 11.6 Å². The second-order valence-electron chi connectivity index (χ2n) is 3.87. The fourth-order valence-corrected chi connectivity index (χ4v) is 2.11. The van der Waals surface area contributed by atoms with Crippen LogP contribution in [0.15, 0.2) is 18.2 Å². The molecular formula is C12H14ClN3. The van der Waals surface area contributed by atoms with Crippen LogP contribution in [-0.2, 0) is 0 Å². The van der Waals surface area contributed by atoms with Gasteiger partial charge in [-0.25, -0.2) is 0 Å². The van der Waals surface area contributed by atoms with Crippen molar-refractivity contribution in [3.05, 3.63) is 28.8 Å². The van der Waals surface area contributed by atoms with E-state index in [-0.39, 0.29) is 0 Å². The van der Waals surface area contributed by atoms with Crippen LogP contribution in [-0.4, -0.2) is 26.2 Å². The van der Waals surface area contributed by atoms with Crippen LogP contribution in [0.3, 0.4) is 0 Å². The number of nitrogens with zero attached hydrogens (tertiary/aromatic N) is 2. The fraction of sp³-hybridized carbons (Fsp3) is 0.417. The highest BCUT2D eigenvalue weighted by atomic mass is 35.5. The highest BCUT2D eigenvalue weighted by molar-refractivity contribution is 6.32. The molecule has 1 aromatic carbocycles. The van der Waals surface area contributed by atoms with Crippen molar-refractivity contribution in [2.75, 3.05) is 31.1 Å². The third-order valence-electron chi connectivity index (χ3n) is 2.78. The summed E-state index contributed by atoms with van der Waals surface area (Å²) in [5.74, 6) is 0. The molecule has 1 N–H and O–H groups in total. The lowest BCUT2D eigenvalue weighted by molar-refractivity contribution is 0.724. The summed E-state index contributed by atoms with van der Waals surface area (Å²) >= 11 is 6.02. The number of nitrogens with one attached hydrogen (secondary N) is 1. The van der Waals surface area contributed by atoms with Crippen LogP contribution in [0.5, 0.6) is 0 Å². The first-order valence-electron chi connectivity index (χ1n) is 5.46. The van der Waals surface area contributed by atoms with Gasteiger partial charge in [-0.2, -0.15) is 5.26 Å². The molecule has 0 amide bonds. The van der Waals surface area contributed by atoms with Crippen molar-refractivity contribution in [1.29, 1.82) is 5.26 Å². The molecular weight excluding hydrogens is 222 g/mol. The molecule has 4 heteroatoms. The minimum atomic E-state index is 0.539. The second kappa shape index (κ2) is 5.20. The van der Waals surface area contributed by atoms with E-state index < -0.39 is 0 Å². The maximum atomic E-state index is 8.81. The van der Waals surface area contributed by atoms with E-state index >= 15 is 0 Å². The van der Waals surface area contributed by atoms with E-state index in [1.807, 2.05) is 12.1 Å². The Labute approximate surface area is 101 Å². The topological polar surface area (TPSA) is 39.1 Å². The fourth-order valence-electron chi connectivity index (χ4n) is 1.90. The van der Waals surface area contributed by atoms with Crippen molar-refractivity contribution >= 4 is 17.3 Å². The van der Waals surface area contributed by atoms with Crippen molar-refractivity contribution < 1.29 is 0 Å². The van der Waals surface area contributed by atoms with Crippen LogP contribution >= 0.6 is 11.6 Å². The average molecular weight is 236 g/mol. The normalized spacial score (nSPS) is 16.6. The van der Waals surface area contributed by atoms with Crippen molar-refractivity contribution in [1.82, 2.24) is 5.32 Å². The molecule has 0 bridgehead atoms. The van der Waals surface area contributed by atoms with Crippen LogP contribution in [0.2, 0.25) is 5.02 Å². The van der Waals surface area contributed by atoms with Gasteiger partial charge < -0.3 is 10.2 Å². The summed E-state index contributed by atoms with van der Waals surface area (Å²) in [6, 6.07) is 7.71. The van der Waals surface area contributed by atoms with Crippen molar-refractivity contribution in [3.8, 4) is 6.07 Å². The quantitative estimate of drug-likeness (QED) is 0.810. The molecule has 0 atom stereocenters. The van der Waals surface area contributed by atoms with Gasteiger partial charge in [-0.3, -0.25) is 0 Å². The van der Waals surface area contributed by atoms with Crippen LogP contribution in [0, 0.1) is 11.3 Å². The largest absolute Gasteiger partial charge is 0.370 e. The zero-order valence-corrected chi connectivity index (χ0v) is 9.80. The molecule has 0 saturated carbocycles. The molecule has 84 valence electrons. The highest BCUT2D eigenvalue weighted by Crippen LogP contribution is 2.23. The molecule has 1 heterocycles. The summed E-state index contributed by atoms with van der Waals surface area (Å²) in [5.41, 5.74) is 1.64. The Bertz CT molecular complexity index is 403. The molecule has 1 aromatic rings. The number of hydrogen-bond donors (Lipinski definition) is 1. The van der Waals surface area contributed by atoms with Crippen LogP contribution in [0.25, 0.3) is 0 Å². The van der Waals surface area contributed by atoms with Crippen molar-refractivity contribution in [2.24, 2.45) is 0 Å². The van der Waals surface area contributed by atoms with Gasteiger partial charge >= 0.3 is 0 Å². The molecule has 1 aliphatic rings. The van der Waals surface area contributed by atoms with E-state index in [0.717, 1.165) is 38.3 Å². The van der Waals surface area contributed by atoms with E-state index in [4.69, 9.17) is 16.9 Å². The first kappa shape index (κ1) is 11.3. The van der Waals surface area contributed by atoms with Crippen molar-refractivity contribution in [3.63, 3.8) is 0 Å². The van der Waals surface area contributed by atoms with Gasteiger partial charge in [0.15, 0.2) is 0 Å². The molecule has 0 aromatic heterocycles. The number of hydrogen-bond acceptors (Lipinski definition) is 3. The Morgan fingerprint density at radius 3 is 2.94 bits per heavy atom. The Balaban J connectivity index is 2.20. The third kappa shape index (κ3) is 2.46. The molecule has 0 unspecified atom stereocenters. The lowest BCUT2D eigenvalue weighted by atomic mass is 10.2. The summed E-state index contributed by atoms with van der Waals surface area (Å²) in [7, 11) is 0. The van der Waals surface area contributed by atoms with E-state index in [2.05, 4.69) is 16.3 Å². The number of nitriles is 1. The van der Waals surface area contributed by atoms with E-state index in [1.54, 1.807) is 6.07 Å². The Morgan fingerprint density at radius 2 is 2.19 bits per heavy atom. The van der Waals surface area contributed by atoms with Crippen molar-refractivity contribution in [2.45, 2.75) is 6.42 Å². The third-order valence-corrected chi connectivity index (χ3v) is 3.09. The molecule has 16 heavy (non-hydrogen) atoms. The van der Waals surface area contributed by atoms with Gasteiger partial charge in [0.2, 0.25) is 0 Å². The zero-order valence-electron chi connectivity index (χ0n) is 9.04. The Morgan fingerprint density at radius 1 is 1.31 bits per heavy atom. The SMILES string of the molecule is N#Cc1ccc(N2CCCNCC2)cc1Cl. The molecule has 0 spiro atoms. The predicted molar refractivity (Wildman–Crippen MR) is 65.9 cm³/mol. The summed E-state index contributed by atoms with van der Waals surface area (Å²) in [5, 5.41) is 12.7. The first-order chi connectivity index (χ1) is 7.81. The predicted octanol–water partition coefficient (Wildman–Crippen LogP) is 2.01. The van der Waals surface area contributed by atoms with Gasteiger partial charge in [0, 0.05) is 25.3 Å². The number of halogens is 1. The van der Waals surface area contributed by atoms with Gasteiger partial charge in [0.1, 0.15) is 6.07 Å². The summed E-state index contributed by atoms with van der Waals surface area (Å²) in [6.07, 6.45) is 1.14. The number of rotatable bonds is 1. The molecule has 0 radical (unpaired) electrons. The lowest BCUT2D eigenvalue weighted by Crippen LogP contribution is -2.27. The maximum Gasteiger partial charge on any atom is 0.101 e. The zero-order chi connectivity index (χ0) is 11.4. The van der Waals surface area contributed by atoms with Crippen LogP contribution < -0.4 is 10.2 Å². The van der Waals surface area contributed by atoms with Gasteiger partial charge in [-0.05, 0) is 31.2 Å². The minimum absolute atomic E-state index is 0.539. The summed E-state index contributed by atoms with van der Waals surface area (Å²) < 4.78 is 0. The van der Waals surface area contributed by atoms with Gasteiger partial charge in [0.05, 0.1) is 10.6 Å². The molecule has 1 saturated heterocycles. The van der Waals surface area contributed by atoms with Gasteiger partial charge in [0.25, 0.3) is 0 Å². The summed E-state index contributed by atoms with van der Waals surface area (Å²) in [4.78, 5) is 2.30.